The molecule has 3 heterocycles. The van der Waals surface area contributed by atoms with Gasteiger partial charge < -0.3 is 10.2 Å². The van der Waals surface area contributed by atoms with Gasteiger partial charge in [0.05, 0.1) is 34.9 Å². The molecule has 0 saturated carbocycles. The molecule has 0 spiro atoms. The van der Waals surface area contributed by atoms with Crippen molar-refractivity contribution in [2.45, 2.75) is 49.3 Å². The number of pyridine rings is 1. The summed E-state index contributed by atoms with van der Waals surface area (Å²) in [4.78, 5) is 18.2. The molecule has 2 aliphatic heterocycles. The summed E-state index contributed by atoms with van der Waals surface area (Å²) < 4.78 is 93.4. The Morgan fingerprint density at radius 1 is 1.06 bits per heavy atom. The van der Waals surface area contributed by atoms with Crippen LogP contribution in [0.1, 0.15) is 31.4 Å². The number of nitrogens with one attached hydrogen (secondary N) is 1. The maximum absolute atomic E-state index is 14.4. The topological polar surface area (TPSA) is 82.6 Å². The van der Waals surface area contributed by atoms with Crippen molar-refractivity contribution in [1.29, 1.82) is 0 Å². The summed E-state index contributed by atoms with van der Waals surface area (Å²) in [5.41, 5.74) is 0.389. The summed E-state index contributed by atoms with van der Waals surface area (Å²) in [5, 5.41) is 2.62. The molecule has 2 saturated heterocycles. The minimum Gasteiger partial charge on any atom is -0.369 e. The third-order valence-electron chi connectivity index (χ3n) is 6.56. The van der Waals surface area contributed by atoms with Crippen molar-refractivity contribution < 1.29 is 35.2 Å². The minimum atomic E-state index is -4.28. The largest absolute Gasteiger partial charge is 0.391 e. The highest BCUT2D eigenvalue weighted by atomic mass is 32.2. The molecule has 0 bridgehead atoms. The average Bonchev–Trinajstić information content (AvgIpc) is 3.34. The van der Waals surface area contributed by atoms with Crippen LogP contribution >= 0.6 is 0 Å². The molecule has 36 heavy (non-hydrogen) atoms. The van der Waals surface area contributed by atoms with Gasteiger partial charge in [0.25, 0.3) is 0 Å². The van der Waals surface area contributed by atoms with Crippen LogP contribution in [0, 0.1) is 17.6 Å². The van der Waals surface area contributed by atoms with E-state index < -0.39 is 45.7 Å². The first-order valence-electron chi connectivity index (χ1n) is 11.5. The van der Waals surface area contributed by atoms with E-state index in [2.05, 4.69) is 10.3 Å². The van der Waals surface area contributed by atoms with Crippen molar-refractivity contribution in [3.8, 4) is 0 Å². The number of rotatable bonds is 6. The second-order valence-corrected chi connectivity index (χ2v) is 10.8. The van der Waals surface area contributed by atoms with Crippen LogP contribution in [0.25, 0.3) is 0 Å². The van der Waals surface area contributed by atoms with Crippen molar-refractivity contribution in [1.82, 2.24) is 14.6 Å². The highest BCUT2D eigenvalue weighted by Crippen LogP contribution is 2.36. The molecule has 7 nitrogen and oxygen atoms in total. The second kappa shape index (κ2) is 10.3. The number of sulfonamides is 1. The normalized spacial score (nSPS) is 20.0. The minimum absolute atomic E-state index is 0.0369. The number of hydrogen-bond acceptors (Lipinski definition) is 5. The Bertz CT molecular complexity index is 1200. The Kier molecular flexibility index (Phi) is 7.51. The molecule has 1 N–H and O–H groups in total. The average molecular weight is 533 g/mol. The van der Waals surface area contributed by atoms with E-state index in [1.807, 2.05) is 0 Å². The van der Waals surface area contributed by atoms with Crippen molar-refractivity contribution in [2.75, 3.05) is 24.5 Å². The predicted octanol–water partition coefficient (Wildman–Crippen LogP) is 3.61. The maximum atomic E-state index is 14.4. The highest BCUT2D eigenvalue weighted by Gasteiger charge is 2.42. The molecule has 196 valence electrons. The number of carbonyl (C=O) groups excluding carboxylic acids is 1. The number of alkyl halides is 3. The number of nitrogens with zero attached hydrogens (tertiary/aromatic N) is 3. The van der Waals surface area contributed by atoms with Gasteiger partial charge in [0.1, 0.15) is 11.9 Å². The molecular weight excluding hydrogens is 507 g/mol. The third-order valence-corrected chi connectivity index (χ3v) is 8.48. The van der Waals surface area contributed by atoms with Gasteiger partial charge in [0.15, 0.2) is 5.82 Å². The first-order valence-corrected chi connectivity index (χ1v) is 12.9. The molecular formula is C23H25F5N4O3S. The van der Waals surface area contributed by atoms with E-state index in [0.29, 0.717) is 12.8 Å². The zero-order valence-corrected chi connectivity index (χ0v) is 20.0. The van der Waals surface area contributed by atoms with Crippen LogP contribution in [0.5, 0.6) is 0 Å². The number of amides is 1. The van der Waals surface area contributed by atoms with Gasteiger partial charge in [-0.25, -0.2) is 17.2 Å². The fourth-order valence-corrected chi connectivity index (χ4v) is 6.24. The maximum Gasteiger partial charge on any atom is 0.391 e. The smallest absolute Gasteiger partial charge is 0.369 e. The molecule has 1 unspecified atom stereocenters. The van der Waals surface area contributed by atoms with E-state index in [4.69, 9.17) is 0 Å². The summed E-state index contributed by atoms with van der Waals surface area (Å²) >= 11 is 0. The standard InChI is InChI=1S/C23H25F5N4O3S/c24-16-3-5-18(6-4-16)36(34,35)32-9-1-2-20(32)22(33)30-13-17-12-21(19(25)14-29-17)31-10-7-15(8-11-31)23(26,27)28/h3-6,12,14-15,20H,1-2,7-11,13H2,(H,30,33). The number of carbonyl (C=O) groups is 1. The molecule has 4 rings (SSSR count). The Morgan fingerprint density at radius 2 is 1.72 bits per heavy atom. The molecule has 1 aromatic heterocycles. The zero-order chi connectivity index (χ0) is 26.1. The fourth-order valence-electron chi connectivity index (χ4n) is 4.58. The summed E-state index contributed by atoms with van der Waals surface area (Å²) in [6, 6.07) is 4.74. The quantitative estimate of drug-likeness (QED) is 0.575. The van der Waals surface area contributed by atoms with Crippen molar-refractivity contribution >= 4 is 21.6 Å². The number of hydrogen-bond donors (Lipinski definition) is 1. The lowest BCUT2D eigenvalue weighted by Gasteiger charge is -2.34. The fraction of sp³-hybridized carbons (Fsp3) is 0.478. The van der Waals surface area contributed by atoms with Crippen LogP contribution in [0.15, 0.2) is 41.4 Å². The number of anilines is 1. The van der Waals surface area contributed by atoms with Gasteiger partial charge in [0.2, 0.25) is 15.9 Å². The van der Waals surface area contributed by atoms with Crippen molar-refractivity contribution in [3.63, 3.8) is 0 Å². The Hall–Kier alpha value is -2.80. The second-order valence-electron chi connectivity index (χ2n) is 8.88. The van der Waals surface area contributed by atoms with Gasteiger partial charge >= 0.3 is 6.18 Å². The predicted molar refractivity (Wildman–Crippen MR) is 120 cm³/mol. The van der Waals surface area contributed by atoms with E-state index in [0.717, 1.165) is 34.8 Å². The summed E-state index contributed by atoms with van der Waals surface area (Å²) in [7, 11) is -4.02. The molecule has 2 aromatic rings. The van der Waals surface area contributed by atoms with Crippen molar-refractivity contribution in [2.24, 2.45) is 5.92 Å². The SMILES string of the molecule is O=C(NCc1cc(N2CCC(C(F)(F)F)CC2)c(F)cn1)C1CCCN1S(=O)(=O)c1ccc(F)cc1. The summed E-state index contributed by atoms with van der Waals surface area (Å²) in [6.07, 6.45) is -2.85. The molecule has 0 radical (unpaired) electrons. The monoisotopic (exact) mass is 532 g/mol. The van der Waals surface area contributed by atoms with E-state index >= 15 is 0 Å². The first kappa shape index (κ1) is 26.3. The number of piperidine rings is 1. The van der Waals surface area contributed by atoms with Crippen LogP contribution in [-0.4, -0.2) is 55.5 Å². The van der Waals surface area contributed by atoms with Crippen LogP contribution < -0.4 is 10.2 Å². The van der Waals surface area contributed by atoms with Crippen LogP contribution in [-0.2, 0) is 21.4 Å². The van der Waals surface area contributed by atoms with Gasteiger partial charge in [-0.3, -0.25) is 9.78 Å². The summed E-state index contributed by atoms with van der Waals surface area (Å²) in [6.45, 7) is 0.0844. The molecule has 2 fully saturated rings. The molecule has 0 aliphatic carbocycles. The molecule has 1 atom stereocenters. The highest BCUT2D eigenvalue weighted by molar-refractivity contribution is 7.89. The number of aromatic nitrogens is 1. The molecule has 1 aromatic carbocycles. The van der Waals surface area contributed by atoms with E-state index in [9.17, 15) is 35.2 Å². The van der Waals surface area contributed by atoms with Crippen LogP contribution in [0.3, 0.4) is 0 Å². The lowest BCUT2D eigenvalue weighted by molar-refractivity contribution is -0.179. The van der Waals surface area contributed by atoms with Crippen LogP contribution in [0.4, 0.5) is 27.6 Å². The van der Waals surface area contributed by atoms with Gasteiger partial charge in [-0.2, -0.15) is 17.5 Å². The van der Waals surface area contributed by atoms with E-state index in [1.54, 1.807) is 0 Å². The third kappa shape index (κ3) is 5.61. The zero-order valence-electron chi connectivity index (χ0n) is 19.1. The van der Waals surface area contributed by atoms with Gasteiger partial charge in [-0.1, -0.05) is 0 Å². The Labute approximate surface area is 205 Å². The van der Waals surface area contributed by atoms with Crippen LogP contribution in [0.2, 0.25) is 0 Å². The van der Waals surface area contributed by atoms with Gasteiger partial charge in [-0.05, 0) is 56.0 Å². The van der Waals surface area contributed by atoms with E-state index in [1.165, 1.54) is 11.0 Å². The lowest BCUT2D eigenvalue weighted by atomic mass is 9.96. The van der Waals surface area contributed by atoms with Gasteiger partial charge in [-0.15, -0.1) is 0 Å². The summed E-state index contributed by atoms with van der Waals surface area (Å²) in [5.74, 6) is -3.24. The van der Waals surface area contributed by atoms with Crippen molar-refractivity contribution in [3.05, 3.63) is 53.9 Å². The lowest BCUT2D eigenvalue weighted by Crippen LogP contribution is -2.45. The Balaban J connectivity index is 1.41. The molecule has 2 aliphatic rings. The number of halogens is 5. The Morgan fingerprint density at radius 3 is 2.36 bits per heavy atom. The first-order chi connectivity index (χ1) is 17.0. The number of benzene rings is 1. The molecule has 1 amide bonds. The van der Waals surface area contributed by atoms with E-state index in [-0.39, 0.29) is 55.3 Å². The molecule has 13 heteroatoms. The van der Waals surface area contributed by atoms with Gasteiger partial charge in [0, 0.05) is 19.6 Å².